The van der Waals surface area contributed by atoms with Crippen LogP contribution in [0.25, 0.3) is 0 Å². The molecule has 0 aliphatic heterocycles. The number of carbonyl (C=O) groups is 1. The number of amides is 2. The fourth-order valence-corrected chi connectivity index (χ4v) is 1.46. The van der Waals surface area contributed by atoms with Crippen LogP contribution in [0.15, 0.2) is 24.3 Å². The first-order valence-electron chi connectivity index (χ1n) is 5.97. The Morgan fingerprint density at radius 1 is 1.43 bits per heavy atom. The number of aliphatic hydroxyl groups is 1. The Morgan fingerprint density at radius 2 is 2.00 bits per heavy atom. The summed E-state index contributed by atoms with van der Waals surface area (Å²) in [5.74, 6) is 0. The molecule has 0 bridgehead atoms. The van der Waals surface area contributed by atoms with Crippen LogP contribution in [0.2, 0.25) is 0 Å². The molecule has 1 unspecified atom stereocenters. The van der Waals surface area contributed by atoms with Gasteiger partial charge in [-0.1, -0.05) is 12.1 Å². The summed E-state index contributed by atoms with van der Waals surface area (Å²) in [7, 11) is 1.15. The molecule has 1 aromatic carbocycles. The number of hydrogen-bond acceptors (Lipinski definition) is 3. The third-order valence-electron chi connectivity index (χ3n) is 2.66. The van der Waals surface area contributed by atoms with E-state index >= 15 is 0 Å². The Labute approximate surface area is 119 Å². The number of alkyl halides is 3. The molecule has 2 amide bonds. The number of rotatable bonds is 4. The van der Waals surface area contributed by atoms with E-state index in [1.165, 1.54) is 0 Å². The van der Waals surface area contributed by atoms with E-state index in [-0.39, 0.29) is 6.42 Å². The molecule has 1 rings (SSSR count). The minimum atomic E-state index is -4.77. The smallest absolute Gasteiger partial charge is 0.382 e. The van der Waals surface area contributed by atoms with Crippen molar-refractivity contribution in [3.05, 3.63) is 29.8 Å². The van der Waals surface area contributed by atoms with Crippen LogP contribution in [0, 0.1) is 11.3 Å². The molecule has 8 heteroatoms. The fraction of sp³-hybridized carbons (Fsp3) is 0.385. The molecule has 0 aliphatic carbocycles. The van der Waals surface area contributed by atoms with Crippen LogP contribution < -0.4 is 5.32 Å². The van der Waals surface area contributed by atoms with E-state index in [2.05, 4.69) is 5.32 Å². The van der Waals surface area contributed by atoms with E-state index in [1.807, 2.05) is 6.07 Å². The molecule has 5 nitrogen and oxygen atoms in total. The first-order chi connectivity index (χ1) is 9.74. The lowest BCUT2D eigenvalue weighted by Crippen LogP contribution is -2.43. The van der Waals surface area contributed by atoms with E-state index in [9.17, 15) is 18.0 Å². The number of nitriles is 1. The van der Waals surface area contributed by atoms with Crippen molar-refractivity contribution in [2.24, 2.45) is 0 Å². The van der Waals surface area contributed by atoms with Crippen LogP contribution in [-0.4, -0.2) is 41.9 Å². The average molecular weight is 301 g/mol. The molecule has 0 heterocycles. The second-order valence-electron chi connectivity index (χ2n) is 4.40. The molecule has 21 heavy (non-hydrogen) atoms. The highest BCUT2D eigenvalue weighted by atomic mass is 19.4. The molecule has 2 N–H and O–H groups in total. The lowest BCUT2D eigenvalue weighted by Gasteiger charge is -2.22. The number of aliphatic hydroxyl groups excluding tert-OH is 1. The van der Waals surface area contributed by atoms with Crippen molar-refractivity contribution in [1.82, 2.24) is 4.90 Å². The van der Waals surface area contributed by atoms with Gasteiger partial charge in [-0.25, -0.2) is 4.79 Å². The zero-order valence-corrected chi connectivity index (χ0v) is 11.2. The minimum Gasteiger partial charge on any atom is -0.382 e. The van der Waals surface area contributed by atoms with Gasteiger partial charge in [0, 0.05) is 12.7 Å². The lowest BCUT2D eigenvalue weighted by molar-refractivity contribution is -0.205. The van der Waals surface area contributed by atoms with E-state index in [1.54, 1.807) is 24.3 Å². The molecule has 0 aromatic heterocycles. The van der Waals surface area contributed by atoms with Gasteiger partial charge in [0.2, 0.25) is 0 Å². The van der Waals surface area contributed by atoms with Crippen molar-refractivity contribution < 1.29 is 23.1 Å². The van der Waals surface area contributed by atoms with Gasteiger partial charge in [-0.2, -0.15) is 18.4 Å². The number of urea groups is 1. The number of hydrogen-bond donors (Lipinski definition) is 2. The lowest BCUT2D eigenvalue weighted by atomic mass is 10.1. The summed E-state index contributed by atoms with van der Waals surface area (Å²) in [5, 5.41) is 19.8. The summed E-state index contributed by atoms with van der Waals surface area (Å²) in [6.07, 6.45) is -7.13. The summed E-state index contributed by atoms with van der Waals surface area (Å²) in [6.45, 7) is -0.859. The van der Waals surface area contributed by atoms with Crippen molar-refractivity contribution in [2.75, 3.05) is 18.9 Å². The maximum Gasteiger partial charge on any atom is 0.416 e. The van der Waals surface area contributed by atoms with Crippen LogP contribution in [0.5, 0.6) is 0 Å². The number of nitrogens with one attached hydrogen (secondary N) is 1. The number of halogens is 3. The molecule has 0 saturated heterocycles. The zero-order chi connectivity index (χ0) is 16.0. The van der Waals surface area contributed by atoms with Crippen molar-refractivity contribution >= 4 is 11.7 Å². The molecule has 1 atom stereocenters. The minimum absolute atomic E-state index is 0.228. The Bertz CT molecular complexity index is 523. The van der Waals surface area contributed by atoms with E-state index in [0.29, 0.717) is 5.69 Å². The zero-order valence-electron chi connectivity index (χ0n) is 11.2. The van der Waals surface area contributed by atoms with Crippen molar-refractivity contribution in [3.63, 3.8) is 0 Å². The summed E-state index contributed by atoms with van der Waals surface area (Å²) < 4.78 is 36.5. The SMILES string of the molecule is CN(CC(O)C(F)(F)F)C(=O)Nc1ccc(CC#N)cc1. The third kappa shape index (κ3) is 5.31. The van der Waals surface area contributed by atoms with Crippen molar-refractivity contribution in [3.8, 4) is 6.07 Å². The van der Waals surface area contributed by atoms with Crippen molar-refractivity contribution in [1.29, 1.82) is 5.26 Å². The fourth-order valence-electron chi connectivity index (χ4n) is 1.46. The summed E-state index contributed by atoms with van der Waals surface area (Å²) >= 11 is 0. The second kappa shape index (κ2) is 6.95. The molecule has 1 aromatic rings. The largest absolute Gasteiger partial charge is 0.416 e. The normalized spacial score (nSPS) is 12.4. The van der Waals surface area contributed by atoms with Crippen LogP contribution in [0.4, 0.5) is 23.7 Å². The molecule has 114 valence electrons. The number of carbonyl (C=O) groups excluding carboxylic acids is 1. The topological polar surface area (TPSA) is 76.4 Å². The van der Waals surface area contributed by atoms with Crippen LogP contribution >= 0.6 is 0 Å². The summed E-state index contributed by atoms with van der Waals surface area (Å²) in [6, 6.07) is 7.53. The van der Waals surface area contributed by atoms with Gasteiger partial charge in [-0.15, -0.1) is 0 Å². The molecule has 0 aliphatic rings. The maximum atomic E-state index is 12.2. The molecule has 0 radical (unpaired) electrons. The maximum absolute atomic E-state index is 12.2. The quantitative estimate of drug-likeness (QED) is 0.894. The van der Waals surface area contributed by atoms with Gasteiger partial charge in [-0.3, -0.25) is 0 Å². The van der Waals surface area contributed by atoms with Gasteiger partial charge in [0.1, 0.15) is 0 Å². The number of likely N-dealkylation sites (N-methyl/N-ethyl adjacent to an activating group) is 1. The van der Waals surface area contributed by atoms with Gasteiger partial charge >= 0.3 is 12.2 Å². The molecule has 0 spiro atoms. The van der Waals surface area contributed by atoms with Gasteiger partial charge < -0.3 is 15.3 Å². The van der Waals surface area contributed by atoms with Crippen LogP contribution in [-0.2, 0) is 6.42 Å². The highest BCUT2D eigenvalue weighted by Gasteiger charge is 2.39. The first kappa shape index (κ1) is 16.8. The Balaban J connectivity index is 2.58. The Hall–Kier alpha value is -2.27. The summed E-state index contributed by atoms with van der Waals surface area (Å²) in [4.78, 5) is 12.4. The van der Waals surface area contributed by atoms with E-state index < -0.39 is 24.9 Å². The molecule has 0 fully saturated rings. The van der Waals surface area contributed by atoms with Gasteiger partial charge in [0.25, 0.3) is 0 Å². The number of anilines is 1. The van der Waals surface area contributed by atoms with E-state index in [4.69, 9.17) is 10.4 Å². The number of nitrogens with zero attached hydrogens (tertiary/aromatic N) is 2. The third-order valence-corrected chi connectivity index (χ3v) is 2.66. The van der Waals surface area contributed by atoms with Gasteiger partial charge in [0.15, 0.2) is 6.10 Å². The highest BCUT2D eigenvalue weighted by Crippen LogP contribution is 2.20. The predicted molar refractivity (Wildman–Crippen MR) is 69.5 cm³/mol. The Morgan fingerprint density at radius 3 is 2.48 bits per heavy atom. The molecular weight excluding hydrogens is 287 g/mol. The predicted octanol–water partition coefficient (Wildman–Crippen LogP) is 2.14. The standard InChI is InChI=1S/C13H14F3N3O2/c1-19(8-11(20)13(14,15)16)12(21)18-10-4-2-9(3-5-10)6-7-17/h2-5,11,20H,6,8H2,1H3,(H,18,21). The van der Waals surface area contributed by atoms with Crippen molar-refractivity contribution in [2.45, 2.75) is 18.7 Å². The second-order valence-corrected chi connectivity index (χ2v) is 4.40. The Kier molecular flexibility index (Phi) is 5.55. The molecular formula is C13H14F3N3O2. The molecule has 0 saturated carbocycles. The summed E-state index contributed by atoms with van der Waals surface area (Å²) in [5.41, 5.74) is 1.14. The van der Waals surface area contributed by atoms with Gasteiger partial charge in [-0.05, 0) is 17.7 Å². The monoisotopic (exact) mass is 301 g/mol. The van der Waals surface area contributed by atoms with Crippen LogP contribution in [0.1, 0.15) is 5.56 Å². The number of benzene rings is 1. The first-order valence-corrected chi connectivity index (χ1v) is 5.97. The average Bonchev–Trinajstić information content (AvgIpc) is 2.40. The van der Waals surface area contributed by atoms with Crippen LogP contribution in [0.3, 0.4) is 0 Å². The van der Waals surface area contributed by atoms with Gasteiger partial charge in [0.05, 0.1) is 19.0 Å². The highest BCUT2D eigenvalue weighted by molar-refractivity contribution is 5.89. The van der Waals surface area contributed by atoms with E-state index in [0.717, 1.165) is 17.5 Å².